The lowest BCUT2D eigenvalue weighted by Gasteiger charge is -2.02. The van der Waals surface area contributed by atoms with Crippen LogP contribution in [0.15, 0.2) is 12.1 Å². The minimum atomic E-state index is -0.872. The lowest BCUT2D eigenvalue weighted by Crippen LogP contribution is -2.05. The van der Waals surface area contributed by atoms with Crippen LogP contribution in [0.3, 0.4) is 0 Å². The number of carbonyl (C=O) groups is 1. The number of ether oxygens (including phenoxy) is 1. The van der Waals surface area contributed by atoms with Crippen LogP contribution in [0.4, 0.5) is 0 Å². The highest BCUT2D eigenvalue weighted by molar-refractivity contribution is 5.66. The van der Waals surface area contributed by atoms with E-state index in [1.54, 1.807) is 12.1 Å². The monoisotopic (exact) mass is 236 g/mol. The van der Waals surface area contributed by atoms with Crippen molar-refractivity contribution in [3.05, 3.63) is 18.0 Å². The van der Waals surface area contributed by atoms with Crippen LogP contribution in [0.25, 0.3) is 5.65 Å². The number of rotatable bonds is 5. The first-order valence-corrected chi connectivity index (χ1v) is 5.26. The maximum atomic E-state index is 10.5. The van der Waals surface area contributed by atoms with Gasteiger partial charge in [0.05, 0.1) is 13.0 Å². The number of aliphatic carboxylic acids is 1. The lowest BCUT2D eigenvalue weighted by molar-refractivity contribution is -0.137. The number of aromatic nitrogens is 4. The summed E-state index contributed by atoms with van der Waals surface area (Å²) in [4.78, 5) is 10.5. The molecule has 0 bridgehead atoms. The van der Waals surface area contributed by atoms with Crippen molar-refractivity contribution in [2.75, 3.05) is 6.61 Å². The summed E-state index contributed by atoms with van der Waals surface area (Å²) in [6.45, 7) is 2.38. The van der Waals surface area contributed by atoms with Crippen molar-refractivity contribution in [2.45, 2.75) is 19.8 Å². The maximum Gasteiger partial charge on any atom is 0.303 e. The summed E-state index contributed by atoms with van der Waals surface area (Å²) in [6.07, 6.45) is 0.292. The van der Waals surface area contributed by atoms with Crippen LogP contribution in [-0.2, 0) is 11.2 Å². The van der Waals surface area contributed by atoms with Gasteiger partial charge < -0.3 is 9.84 Å². The number of carboxylic acids is 1. The summed E-state index contributed by atoms with van der Waals surface area (Å²) in [7, 11) is 0. The van der Waals surface area contributed by atoms with Gasteiger partial charge in [0.1, 0.15) is 0 Å². The molecule has 17 heavy (non-hydrogen) atoms. The molecule has 0 atom stereocenters. The van der Waals surface area contributed by atoms with E-state index in [2.05, 4.69) is 15.3 Å². The van der Waals surface area contributed by atoms with Gasteiger partial charge in [-0.25, -0.2) is 0 Å². The second-order valence-corrected chi connectivity index (χ2v) is 3.38. The molecule has 0 saturated carbocycles. The Morgan fingerprint density at radius 1 is 1.47 bits per heavy atom. The predicted octanol–water partition coefficient (Wildman–Crippen LogP) is 0.540. The fourth-order valence-electron chi connectivity index (χ4n) is 1.42. The summed E-state index contributed by atoms with van der Waals surface area (Å²) in [5.74, 6) is 0.114. The van der Waals surface area contributed by atoms with Crippen molar-refractivity contribution in [3.63, 3.8) is 0 Å². The smallest absolute Gasteiger partial charge is 0.303 e. The molecule has 2 heterocycles. The van der Waals surface area contributed by atoms with Gasteiger partial charge in [-0.1, -0.05) is 0 Å². The first-order chi connectivity index (χ1) is 8.20. The third-order valence-corrected chi connectivity index (χ3v) is 2.16. The second kappa shape index (κ2) is 4.77. The third kappa shape index (κ3) is 2.49. The molecule has 0 aliphatic carbocycles. The molecule has 0 amide bonds. The SMILES string of the molecule is CCOc1ccc2nnc(CCC(=O)O)n2n1. The van der Waals surface area contributed by atoms with Gasteiger partial charge >= 0.3 is 5.97 Å². The molecule has 0 aromatic carbocycles. The molecule has 1 N–H and O–H groups in total. The summed E-state index contributed by atoms with van der Waals surface area (Å²) < 4.78 is 6.77. The summed E-state index contributed by atoms with van der Waals surface area (Å²) in [5, 5.41) is 20.6. The number of hydrogen-bond acceptors (Lipinski definition) is 5. The Morgan fingerprint density at radius 3 is 3.00 bits per heavy atom. The fraction of sp³-hybridized carbons (Fsp3) is 0.400. The van der Waals surface area contributed by atoms with Gasteiger partial charge in [-0.05, 0) is 13.0 Å². The zero-order valence-corrected chi connectivity index (χ0v) is 9.33. The highest BCUT2D eigenvalue weighted by atomic mass is 16.5. The normalized spacial score (nSPS) is 10.6. The highest BCUT2D eigenvalue weighted by Gasteiger charge is 2.09. The summed E-state index contributed by atoms with van der Waals surface area (Å²) >= 11 is 0. The van der Waals surface area contributed by atoms with Crippen LogP contribution >= 0.6 is 0 Å². The Morgan fingerprint density at radius 2 is 2.29 bits per heavy atom. The molecule has 0 spiro atoms. The van der Waals surface area contributed by atoms with E-state index in [1.807, 2.05) is 6.92 Å². The van der Waals surface area contributed by atoms with Gasteiger partial charge in [0, 0.05) is 12.5 Å². The van der Waals surface area contributed by atoms with E-state index in [4.69, 9.17) is 9.84 Å². The third-order valence-electron chi connectivity index (χ3n) is 2.16. The number of aryl methyl sites for hydroxylation is 1. The number of hydrogen-bond donors (Lipinski definition) is 1. The molecule has 2 aromatic heterocycles. The molecule has 7 nitrogen and oxygen atoms in total. The molecule has 0 aliphatic heterocycles. The van der Waals surface area contributed by atoms with E-state index >= 15 is 0 Å². The number of nitrogens with zero attached hydrogens (tertiary/aromatic N) is 4. The highest BCUT2D eigenvalue weighted by Crippen LogP contribution is 2.10. The van der Waals surface area contributed by atoms with Gasteiger partial charge in [-0.2, -0.15) is 4.52 Å². The van der Waals surface area contributed by atoms with Gasteiger partial charge in [0.2, 0.25) is 5.88 Å². The largest absolute Gasteiger partial charge is 0.481 e. The van der Waals surface area contributed by atoms with Gasteiger partial charge in [-0.15, -0.1) is 15.3 Å². The van der Waals surface area contributed by atoms with Crippen molar-refractivity contribution in [2.24, 2.45) is 0 Å². The van der Waals surface area contributed by atoms with Crippen molar-refractivity contribution < 1.29 is 14.6 Å². The first-order valence-electron chi connectivity index (χ1n) is 5.26. The minimum absolute atomic E-state index is 0.00133. The quantitative estimate of drug-likeness (QED) is 0.814. The predicted molar refractivity (Wildman–Crippen MR) is 57.9 cm³/mol. The van der Waals surface area contributed by atoms with E-state index in [0.29, 0.717) is 30.4 Å². The van der Waals surface area contributed by atoms with Gasteiger partial charge in [-0.3, -0.25) is 4.79 Å². The van der Waals surface area contributed by atoms with Crippen LogP contribution < -0.4 is 4.74 Å². The van der Waals surface area contributed by atoms with E-state index < -0.39 is 5.97 Å². The molecule has 0 radical (unpaired) electrons. The number of carboxylic acid groups (broad SMARTS) is 1. The molecule has 0 unspecified atom stereocenters. The van der Waals surface area contributed by atoms with E-state index in [-0.39, 0.29) is 6.42 Å². The molecule has 2 rings (SSSR count). The van der Waals surface area contributed by atoms with Crippen LogP contribution in [0, 0.1) is 0 Å². The molecule has 0 aliphatic rings. The first kappa shape index (κ1) is 11.3. The van der Waals surface area contributed by atoms with E-state index in [0.717, 1.165) is 0 Å². The lowest BCUT2D eigenvalue weighted by atomic mass is 10.3. The van der Waals surface area contributed by atoms with Crippen LogP contribution in [0.1, 0.15) is 19.2 Å². The molecule has 0 fully saturated rings. The van der Waals surface area contributed by atoms with Crippen molar-refractivity contribution in [1.82, 2.24) is 19.8 Å². The Labute approximate surface area is 97.0 Å². The van der Waals surface area contributed by atoms with E-state index in [9.17, 15) is 4.79 Å². The average molecular weight is 236 g/mol. The molecule has 90 valence electrons. The molecule has 0 saturated heterocycles. The maximum absolute atomic E-state index is 10.5. The zero-order chi connectivity index (χ0) is 12.3. The van der Waals surface area contributed by atoms with Crippen molar-refractivity contribution in [3.8, 4) is 5.88 Å². The zero-order valence-electron chi connectivity index (χ0n) is 9.33. The van der Waals surface area contributed by atoms with Gasteiger partial charge in [0.15, 0.2) is 11.5 Å². The standard InChI is InChI=1S/C10H12N4O3/c1-2-17-9-5-3-7-11-12-8(14(7)13-9)4-6-10(15)16/h3,5H,2,4,6H2,1H3,(H,15,16). The Hall–Kier alpha value is -2.18. The fourth-order valence-corrected chi connectivity index (χ4v) is 1.42. The van der Waals surface area contributed by atoms with Crippen LogP contribution in [-0.4, -0.2) is 37.5 Å². The van der Waals surface area contributed by atoms with Crippen LogP contribution in [0.5, 0.6) is 5.88 Å². The van der Waals surface area contributed by atoms with Crippen molar-refractivity contribution >= 4 is 11.6 Å². The van der Waals surface area contributed by atoms with Crippen LogP contribution in [0.2, 0.25) is 0 Å². The molecular formula is C10H12N4O3. The second-order valence-electron chi connectivity index (χ2n) is 3.38. The minimum Gasteiger partial charge on any atom is -0.481 e. The van der Waals surface area contributed by atoms with Gasteiger partial charge in [0.25, 0.3) is 0 Å². The molecular weight excluding hydrogens is 224 g/mol. The average Bonchev–Trinajstić information content (AvgIpc) is 2.69. The summed E-state index contributed by atoms with van der Waals surface area (Å²) in [6, 6.07) is 3.43. The number of fused-ring (bicyclic) bond motifs is 1. The molecule has 2 aromatic rings. The topological polar surface area (TPSA) is 89.6 Å². The van der Waals surface area contributed by atoms with Crippen molar-refractivity contribution in [1.29, 1.82) is 0 Å². The summed E-state index contributed by atoms with van der Waals surface area (Å²) in [5.41, 5.74) is 0.578. The Bertz CT molecular complexity index is 537. The van der Waals surface area contributed by atoms with E-state index in [1.165, 1.54) is 4.52 Å². The molecule has 7 heteroatoms. The Kier molecular flexibility index (Phi) is 3.17. The Balaban J connectivity index is 2.29.